The molecule has 1 aromatic rings. The maximum atomic E-state index is 11.6. The topological polar surface area (TPSA) is 102 Å². The number of nitro groups is 1. The predicted octanol–water partition coefficient (Wildman–Crippen LogP) is 1.52. The van der Waals surface area contributed by atoms with E-state index in [-0.39, 0.29) is 16.1 Å². The lowest BCUT2D eigenvalue weighted by molar-refractivity contribution is -0.384. The number of hydrogen-bond donors (Lipinski definition) is 1. The van der Waals surface area contributed by atoms with E-state index in [4.69, 9.17) is 4.74 Å². The number of nitrogens with zero attached hydrogens (tertiary/aromatic N) is 2. The Morgan fingerprint density at radius 2 is 1.96 bits per heavy atom. The van der Waals surface area contributed by atoms with Crippen LogP contribution < -0.4 is 5.32 Å². The lowest BCUT2D eigenvalue weighted by Gasteiger charge is -2.43. The van der Waals surface area contributed by atoms with Gasteiger partial charge >= 0.3 is 0 Å². The number of hydrogen-bond acceptors (Lipinski definition) is 7. The van der Waals surface area contributed by atoms with Crippen LogP contribution in [0.3, 0.4) is 0 Å². The van der Waals surface area contributed by atoms with E-state index in [2.05, 4.69) is 10.2 Å². The van der Waals surface area contributed by atoms with Crippen molar-refractivity contribution in [2.75, 3.05) is 45.4 Å². The van der Waals surface area contributed by atoms with Crippen LogP contribution in [0.15, 0.2) is 23.1 Å². The Morgan fingerprint density at radius 1 is 1.33 bits per heavy atom. The fourth-order valence-electron chi connectivity index (χ4n) is 2.84. The van der Waals surface area contributed by atoms with Crippen LogP contribution in [0.1, 0.15) is 12.8 Å². The van der Waals surface area contributed by atoms with E-state index in [9.17, 15) is 18.5 Å². The maximum Gasteiger partial charge on any atom is 0.293 e. The molecular formula is C15H23N3O5S. The second-order valence-corrected chi connectivity index (χ2v) is 8.31. The largest absolute Gasteiger partial charge is 0.381 e. The van der Waals surface area contributed by atoms with Crippen molar-refractivity contribution in [2.45, 2.75) is 23.3 Å². The van der Waals surface area contributed by atoms with Gasteiger partial charge in [-0.15, -0.1) is 0 Å². The third-order valence-corrected chi connectivity index (χ3v) is 5.68. The van der Waals surface area contributed by atoms with E-state index in [0.29, 0.717) is 25.4 Å². The van der Waals surface area contributed by atoms with Gasteiger partial charge in [-0.1, -0.05) is 0 Å². The zero-order chi connectivity index (χ0) is 18.0. The van der Waals surface area contributed by atoms with Gasteiger partial charge in [0.15, 0.2) is 9.84 Å². The summed E-state index contributed by atoms with van der Waals surface area (Å²) in [5.74, 6) is 0. The van der Waals surface area contributed by atoms with Gasteiger partial charge in [0.2, 0.25) is 0 Å². The molecule has 1 saturated heterocycles. The summed E-state index contributed by atoms with van der Waals surface area (Å²) >= 11 is 0. The second-order valence-electron chi connectivity index (χ2n) is 6.29. The molecule has 0 bridgehead atoms. The van der Waals surface area contributed by atoms with E-state index < -0.39 is 14.8 Å². The molecule has 0 aromatic heterocycles. The summed E-state index contributed by atoms with van der Waals surface area (Å²) in [6.07, 6.45) is 2.67. The SMILES string of the molecule is CN(C)C1(CNc2ccc(S(C)(=O)=O)cc2[N+](=O)[O-])CCOCC1. The molecule has 0 aliphatic carbocycles. The van der Waals surface area contributed by atoms with Crippen molar-refractivity contribution in [1.82, 2.24) is 4.90 Å². The average Bonchev–Trinajstić information content (AvgIpc) is 2.52. The highest BCUT2D eigenvalue weighted by Gasteiger charge is 2.35. The van der Waals surface area contributed by atoms with Crippen molar-refractivity contribution in [2.24, 2.45) is 0 Å². The summed E-state index contributed by atoms with van der Waals surface area (Å²) in [6.45, 7) is 1.81. The van der Waals surface area contributed by atoms with Gasteiger partial charge in [-0.3, -0.25) is 10.1 Å². The Hall–Kier alpha value is -1.71. The molecule has 24 heavy (non-hydrogen) atoms. The monoisotopic (exact) mass is 357 g/mol. The normalized spacial score (nSPS) is 17.7. The summed E-state index contributed by atoms with van der Waals surface area (Å²) in [4.78, 5) is 12.8. The number of nitrogens with one attached hydrogen (secondary N) is 1. The Labute approximate surface area is 141 Å². The molecule has 1 fully saturated rings. The summed E-state index contributed by atoms with van der Waals surface area (Å²) in [5, 5.41) is 14.4. The molecule has 1 aliphatic rings. The fraction of sp³-hybridized carbons (Fsp3) is 0.600. The van der Waals surface area contributed by atoms with Crippen LogP contribution in [-0.4, -0.2) is 63.9 Å². The molecule has 134 valence electrons. The molecule has 2 rings (SSSR count). The predicted molar refractivity (Wildman–Crippen MR) is 91.2 cm³/mol. The number of nitro benzene ring substituents is 1. The van der Waals surface area contributed by atoms with Crippen LogP contribution in [0.5, 0.6) is 0 Å². The zero-order valence-electron chi connectivity index (χ0n) is 14.1. The maximum absolute atomic E-state index is 11.6. The Morgan fingerprint density at radius 3 is 2.46 bits per heavy atom. The highest BCUT2D eigenvalue weighted by atomic mass is 32.2. The smallest absolute Gasteiger partial charge is 0.293 e. The summed E-state index contributed by atoms with van der Waals surface area (Å²) < 4.78 is 28.6. The van der Waals surface area contributed by atoms with E-state index >= 15 is 0 Å². The first-order valence-electron chi connectivity index (χ1n) is 7.63. The molecule has 1 aliphatic heterocycles. The molecule has 0 amide bonds. The number of likely N-dealkylation sites (N-methyl/N-ethyl adjacent to an activating group) is 1. The van der Waals surface area contributed by atoms with E-state index in [1.165, 1.54) is 12.1 Å². The number of sulfone groups is 1. The van der Waals surface area contributed by atoms with Crippen molar-refractivity contribution in [3.63, 3.8) is 0 Å². The van der Waals surface area contributed by atoms with E-state index in [1.807, 2.05) is 14.1 Å². The Bertz CT molecular complexity index is 712. The number of ether oxygens (including phenoxy) is 1. The van der Waals surface area contributed by atoms with Crippen molar-refractivity contribution < 1.29 is 18.1 Å². The summed E-state index contributed by atoms with van der Waals surface area (Å²) in [6, 6.07) is 3.94. The van der Waals surface area contributed by atoms with Gasteiger partial charge in [0.1, 0.15) is 5.69 Å². The molecule has 0 saturated carbocycles. The van der Waals surface area contributed by atoms with Gasteiger partial charge in [0, 0.05) is 37.6 Å². The average molecular weight is 357 g/mol. The first-order chi connectivity index (χ1) is 11.2. The third kappa shape index (κ3) is 4.03. The number of anilines is 1. The first-order valence-corrected chi connectivity index (χ1v) is 9.52. The number of benzene rings is 1. The quantitative estimate of drug-likeness (QED) is 0.608. The highest BCUT2D eigenvalue weighted by molar-refractivity contribution is 7.90. The molecule has 0 spiro atoms. The van der Waals surface area contributed by atoms with Crippen LogP contribution in [0.25, 0.3) is 0 Å². The van der Waals surface area contributed by atoms with Gasteiger partial charge in [-0.2, -0.15) is 0 Å². The van der Waals surface area contributed by atoms with Crippen LogP contribution in [0.4, 0.5) is 11.4 Å². The lowest BCUT2D eigenvalue weighted by Crippen LogP contribution is -2.53. The molecule has 8 nitrogen and oxygen atoms in total. The van der Waals surface area contributed by atoms with Gasteiger partial charge in [0.25, 0.3) is 5.69 Å². The number of rotatable bonds is 6. The molecule has 0 radical (unpaired) electrons. The summed E-state index contributed by atoms with van der Waals surface area (Å²) in [7, 11) is 0.467. The lowest BCUT2D eigenvalue weighted by atomic mass is 9.88. The minimum Gasteiger partial charge on any atom is -0.381 e. The van der Waals surface area contributed by atoms with Gasteiger partial charge in [-0.05, 0) is 39.1 Å². The molecule has 9 heteroatoms. The van der Waals surface area contributed by atoms with Crippen LogP contribution in [0.2, 0.25) is 0 Å². The van der Waals surface area contributed by atoms with Gasteiger partial charge in [-0.25, -0.2) is 8.42 Å². The van der Waals surface area contributed by atoms with Crippen LogP contribution in [0, 0.1) is 10.1 Å². The summed E-state index contributed by atoms with van der Waals surface area (Å²) in [5.41, 5.74) is -0.0688. The molecular weight excluding hydrogens is 334 g/mol. The molecule has 1 heterocycles. The zero-order valence-corrected chi connectivity index (χ0v) is 14.9. The van der Waals surface area contributed by atoms with Crippen LogP contribution in [-0.2, 0) is 14.6 Å². The molecule has 1 N–H and O–H groups in total. The molecule has 0 unspecified atom stereocenters. The highest BCUT2D eigenvalue weighted by Crippen LogP contribution is 2.31. The third-order valence-electron chi connectivity index (χ3n) is 4.57. The standard InChI is InChI=1S/C15H23N3O5S/c1-17(2)15(6-8-23-9-7-15)11-16-13-5-4-12(24(3,21)22)10-14(13)18(19)20/h4-5,10,16H,6-9,11H2,1-3H3. The minimum atomic E-state index is -3.49. The minimum absolute atomic E-state index is 0.0619. The molecule has 1 aromatic carbocycles. The second kappa shape index (κ2) is 7.04. The Kier molecular flexibility index (Phi) is 5.46. The van der Waals surface area contributed by atoms with Crippen LogP contribution >= 0.6 is 0 Å². The van der Waals surface area contributed by atoms with Gasteiger partial charge in [0.05, 0.1) is 9.82 Å². The van der Waals surface area contributed by atoms with E-state index in [1.54, 1.807) is 0 Å². The van der Waals surface area contributed by atoms with Crippen molar-refractivity contribution in [3.05, 3.63) is 28.3 Å². The Balaban J connectivity index is 2.27. The van der Waals surface area contributed by atoms with Crippen molar-refractivity contribution in [1.29, 1.82) is 0 Å². The van der Waals surface area contributed by atoms with Crippen molar-refractivity contribution in [3.8, 4) is 0 Å². The van der Waals surface area contributed by atoms with E-state index in [0.717, 1.165) is 25.2 Å². The van der Waals surface area contributed by atoms with Crippen molar-refractivity contribution >= 4 is 21.2 Å². The van der Waals surface area contributed by atoms with Gasteiger partial charge < -0.3 is 15.0 Å². The first kappa shape index (κ1) is 18.6. The molecule has 0 atom stereocenters. The fourth-order valence-corrected chi connectivity index (χ4v) is 3.48.